The van der Waals surface area contributed by atoms with Crippen LogP contribution in [0.3, 0.4) is 0 Å². The molecule has 0 unspecified atom stereocenters. The number of nitrogens with zero attached hydrogens (tertiary/aromatic N) is 2. The number of hydrogen-bond donors (Lipinski definition) is 1. The van der Waals surface area contributed by atoms with Gasteiger partial charge in [0.2, 0.25) is 0 Å². The van der Waals surface area contributed by atoms with E-state index in [-0.39, 0.29) is 10.5 Å². The van der Waals surface area contributed by atoms with Crippen LogP contribution in [0.4, 0.5) is 8.78 Å². The third kappa shape index (κ3) is 6.02. The van der Waals surface area contributed by atoms with E-state index in [0.717, 1.165) is 44.1 Å². The fourth-order valence-corrected chi connectivity index (χ4v) is 3.74. The van der Waals surface area contributed by atoms with Crippen molar-refractivity contribution in [1.82, 2.24) is 10.2 Å². The van der Waals surface area contributed by atoms with E-state index in [2.05, 4.69) is 21.3 Å². The van der Waals surface area contributed by atoms with Gasteiger partial charge in [0, 0.05) is 45.1 Å². The molecule has 0 aromatic heterocycles. The highest BCUT2D eigenvalue weighted by atomic mass is 32.2. The first kappa shape index (κ1) is 20.8. The summed E-state index contributed by atoms with van der Waals surface area (Å²) >= 11 is 1.88. The molecule has 1 aliphatic heterocycles. The summed E-state index contributed by atoms with van der Waals surface area (Å²) in [4.78, 5) is 6.37. The van der Waals surface area contributed by atoms with Crippen LogP contribution in [0.5, 0.6) is 5.75 Å². The number of nitrogens with one attached hydrogen (secondary N) is 1. The van der Waals surface area contributed by atoms with Crippen LogP contribution in [-0.2, 0) is 11.3 Å². The number of ether oxygens (including phenoxy) is 2. The minimum absolute atomic E-state index is 0.162. The number of rotatable bonds is 7. The zero-order valence-electron chi connectivity index (χ0n) is 15.5. The van der Waals surface area contributed by atoms with Crippen molar-refractivity contribution in [3.05, 3.63) is 29.8 Å². The Bertz CT molecular complexity index is 578. The zero-order valence-corrected chi connectivity index (χ0v) is 16.3. The molecule has 0 spiro atoms. The third-order valence-electron chi connectivity index (χ3n) is 4.55. The molecule has 1 aromatic rings. The van der Waals surface area contributed by atoms with E-state index in [0.29, 0.717) is 6.54 Å². The molecule has 8 heteroatoms. The van der Waals surface area contributed by atoms with Gasteiger partial charge in [0.05, 0.1) is 0 Å². The van der Waals surface area contributed by atoms with Gasteiger partial charge in [-0.05, 0) is 36.8 Å². The molecule has 1 aromatic carbocycles. The molecule has 2 rings (SSSR count). The van der Waals surface area contributed by atoms with Gasteiger partial charge < -0.3 is 19.7 Å². The molecule has 5 nitrogen and oxygen atoms in total. The van der Waals surface area contributed by atoms with Gasteiger partial charge in [-0.15, -0.1) is 0 Å². The number of aliphatic imine (C=N–C) groups is 1. The quantitative estimate of drug-likeness (QED) is 0.575. The van der Waals surface area contributed by atoms with E-state index in [1.807, 2.05) is 23.7 Å². The highest BCUT2D eigenvalue weighted by Gasteiger charge is 2.32. The molecule has 26 heavy (non-hydrogen) atoms. The second kappa shape index (κ2) is 9.97. The number of guanidine groups is 1. The topological polar surface area (TPSA) is 46.1 Å². The number of alkyl halides is 2. The van der Waals surface area contributed by atoms with Crippen LogP contribution < -0.4 is 10.1 Å². The lowest BCUT2D eigenvalue weighted by atomic mass is 9.99. The van der Waals surface area contributed by atoms with Crippen LogP contribution in [0, 0.1) is 0 Å². The molecule has 1 aliphatic rings. The van der Waals surface area contributed by atoms with Crippen LogP contribution in [0.2, 0.25) is 0 Å². The SMILES string of the molecule is CN=C(NCC1(SC)CCOCC1)N(C)Cc1ccc(OC(F)F)cc1. The highest BCUT2D eigenvalue weighted by Crippen LogP contribution is 2.33. The van der Waals surface area contributed by atoms with Crippen LogP contribution in [0.25, 0.3) is 0 Å². The van der Waals surface area contributed by atoms with Crippen molar-refractivity contribution in [3.63, 3.8) is 0 Å². The van der Waals surface area contributed by atoms with Crippen LogP contribution >= 0.6 is 11.8 Å². The van der Waals surface area contributed by atoms with E-state index in [9.17, 15) is 8.78 Å². The summed E-state index contributed by atoms with van der Waals surface area (Å²) in [6.07, 6.45) is 4.18. The molecule has 1 N–H and O–H groups in total. The summed E-state index contributed by atoms with van der Waals surface area (Å²) in [6.45, 7) is 0.230. The summed E-state index contributed by atoms with van der Waals surface area (Å²) in [5.74, 6) is 0.966. The lowest BCUT2D eigenvalue weighted by molar-refractivity contribution is -0.0498. The Kier molecular flexibility index (Phi) is 7.96. The number of benzene rings is 1. The number of hydrogen-bond acceptors (Lipinski definition) is 4. The van der Waals surface area contributed by atoms with E-state index in [1.54, 1.807) is 31.3 Å². The molecule has 0 amide bonds. The zero-order chi connectivity index (χ0) is 19.0. The van der Waals surface area contributed by atoms with Crippen molar-refractivity contribution < 1.29 is 18.3 Å². The lowest BCUT2D eigenvalue weighted by Gasteiger charge is -2.37. The lowest BCUT2D eigenvalue weighted by Crippen LogP contribution is -2.48. The Hall–Kier alpha value is -1.54. The largest absolute Gasteiger partial charge is 0.435 e. The highest BCUT2D eigenvalue weighted by molar-refractivity contribution is 8.00. The monoisotopic (exact) mass is 387 g/mol. The first-order chi connectivity index (χ1) is 12.5. The van der Waals surface area contributed by atoms with Gasteiger partial charge in [-0.1, -0.05) is 12.1 Å². The van der Waals surface area contributed by atoms with Gasteiger partial charge >= 0.3 is 6.61 Å². The van der Waals surface area contributed by atoms with Crippen LogP contribution in [-0.4, -0.2) is 62.3 Å². The fraction of sp³-hybridized carbons (Fsp3) is 0.611. The summed E-state index contributed by atoms with van der Waals surface area (Å²) in [6, 6.07) is 6.67. The van der Waals surface area contributed by atoms with Crippen LogP contribution in [0.1, 0.15) is 18.4 Å². The van der Waals surface area contributed by atoms with E-state index < -0.39 is 6.61 Å². The predicted octanol–water partition coefficient (Wildman–Crippen LogP) is 3.21. The predicted molar refractivity (Wildman–Crippen MR) is 102 cm³/mol. The van der Waals surface area contributed by atoms with Gasteiger partial charge in [-0.3, -0.25) is 4.99 Å². The van der Waals surface area contributed by atoms with Crippen LogP contribution in [0.15, 0.2) is 29.3 Å². The van der Waals surface area contributed by atoms with Crippen molar-refractivity contribution >= 4 is 17.7 Å². The molecule has 0 aliphatic carbocycles. The van der Waals surface area contributed by atoms with E-state index >= 15 is 0 Å². The molecule has 0 saturated carbocycles. The summed E-state index contributed by atoms with van der Waals surface area (Å²) < 4.78 is 34.5. The molecule has 1 heterocycles. The number of halogens is 2. The normalized spacial score (nSPS) is 17.2. The van der Waals surface area contributed by atoms with Crippen molar-refractivity contribution in [2.75, 3.05) is 40.1 Å². The molecular formula is C18H27F2N3O2S. The molecular weight excluding hydrogens is 360 g/mol. The Morgan fingerprint density at radius 3 is 2.54 bits per heavy atom. The van der Waals surface area contributed by atoms with Gasteiger partial charge in [-0.2, -0.15) is 20.5 Å². The molecule has 0 radical (unpaired) electrons. The van der Waals surface area contributed by atoms with Crippen molar-refractivity contribution in [1.29, 1.82) is 0 Å². The summed E-state index contributed by atoms with van der Waals surface area (Å²) in [5, 5.41) is 3.46. The Labute approximate surface area is 158 Å². The summed E-state index contributed by atoms with van der Waals surface area (Å²) in [5.41, 5.74) is 0.989. The molecule has 1 fully saturated rings. The molecule has 1 saturated heterocycles. The Morgan fingerprint density at radius 2 is 2.00 bits per heavy atom. The molecule has 0 atom stereocenters. The van der Waals surface area contributed by atoms with E-state index in [1.165, 1.54) is 0 Å². The fourth-order valence-electron chi connectivity index (χ4n) is 2.95. The van der Waals surface area contributed by atoms with Crippen molar-refractivity contribution in [2.24, 2.45) is 4.99 Å². The van der Waals surface area contributed by atoms with Gasteiger partial charge in [0.25, 0.3) is 0 Å². The maximum atomic E-state index is 12.2. The minimum atomic E-state index is -2.81. The van der Waals surface area contributed by atoms with Gasteiger partial charge in [0.1, 0.15) is 5.75 Å². The molecule has 0 bridgehead atoms. The maximum Gasteiger partial charge on any atom is 0.387 e. The second-order valence-corrected chi connectivity index (χ2v) is 7.55. The van der Waals surface area contributed by atoms with Gasteiger partial charge in [-0.25, -0.2) is 0 Å². The number of thioether (sulfide) groups is 1. The third-order valence-corrected chi connectivity index (χ3v) is 5.97. The Balaban J connectivity index is 1.90. The summed E-state index contributed by atoms with van der Waals surface area (Å²) in [7, 11) is 3.71. The smallest absolute Gasteiger partial charge is 0.387 e. The Morgan fingerprint density at radius 1 is 1.35 bits per heavy atom. The van der Waals surface area contributed by atoms with Crippen molar-refractivity contribution in [2.45, 2.75) is 30.7 Å². The first-order valence-corrected chi connectivity index (χ1v) is 9.79. The average Bonchev–Trinajstić information content (AvgIpc) is 2.64. The average molecular weight is 387 g/mol. The van der Waals surface area contributed by atoms with E-state index in [4.69, 9.17) is 4.74 Å². The minimum Gasteiger partial charge on any atom is -0.435 e. The maximum absolute atomic E-state index is 12.2. The standard InChI is InChI=1S/C18H27F2N3O2S/c1-21-17(22-13-18(26-3)8-10-24-11-9-18)23(2)12-14-4-6-15(7-5-14)25-16(19)20/h4-7,16H,8-13H2,1-3H3,(H,21,22). The molecule has 146 valence electrons. The van der Waals surface area contributed by atoms with Crippen molar-refractivity contribution in [3.8, 4) is 5.75 Å². The first-order valence-electron chi connectivity index (χ1n) is 8.56. The van der Waals surface area contributed by atoms with Gasteiger partial charge in [0.15, 0.2) is 5.96 Å². The second-order valence-electron chi connectivity index (χ2n) is 6.28.